The predicted octanol–water partition coefficient (Wildman–Crippen LogP) is 3.48. The summed E-state index contributed by atoms with van der Waals surface area (Å²) < 4.78 is 11.2. The SMILES string of the molecule is Cc1c(C(=O)O[C@@H](C)[C@H](C)CN(C)C)oc2ccccc12. The van der Waals surface area contributed by atoms with E-state index >= 15 is 0 Å². The summed E-state index contributed by atoms with van der Waals surface area (Å²) in [6.45, 7) is 6.75. The van der Waals surface area contributed by atoms with Crippen LogP contribution in [-0.4, -0.2) is 37.6 Å². The lowest BCUT2D eigenvalue weighted by Gasteiger charge is -2.23. The highest BCUT2D eigenvalue weighted by Crippen LogP contribution is 2.26. The minimum absolute atomic E-state index is 0.160. The molecule has 0 spiro atoms. The lowest BCUT2D eigenvalue weighted by molar-refractivity contribution is 0.0155. The van der Waals surface area contributed by atoms with E-state index in [4.69, 9.17) is 9.15 Å². The Morgan fingerprint density at radius 3 is 2.57 bits per heavy atom. The van der Waals surface area contributed by atoms with E-state index in [1.165, 1.54) is 0 Å². The van der Waals surface area contributed by atoms with Gasteiger partial charge in [-0.25, -0.2) is 4.79 Å². The molecule has 0 amide bonds. The Kier molecular flexibility index (Phi) is 4.68. The van der Waals surface area contributed by atoms with E-state index in [2.05, 4.69) is 11.8 Å². The minimum Gasteiger partial charge on any atom is -0.456 e. The van der Waals surface area contributed by atoms with Crippen LogP contribution in [0.2, 0.25) is 0 Å². The molecule has 0 saturated heterocycles. The van der Waals surface area contributed by atoms with Gasteiger partial charge in [0.05, 0.1) is 0 Å². The Hall–Kier alpha value is -1.81. The molecule has 21 heavy (non-hydrogen) atoms. The van der Waals surface area contributed by atoms with Crippen LogP contribution in [0.5, 0.6) is 0 Å². The molecule has 4 heteroatoms. The van der Waals surface area contributed by atoms with E-state index in [0.717, 1.165) is 23.1 Å². The maximum atomic E-state index is 12.3. The van der Waals surface area contributed by atoms with Gasteiger partial charge in [0.15, 0.2) is 0 Å². The molecule has 0 aliphatic rings. The molecule has 0 aliphatic carbocycles. The third-order valence-corrected chi connectivity index (χ3v) is 3.78. The second-order valence-electron chi connectivity index (χ2n) is 5.90. The van der Waals surface area contributed by atoms with Crippen LogP contribution in [0.25, 0.3) is 11.0 Å². The zero-order chi connectivity index (χ0) is 15.6. The number of para-hydroxylation sites is 1. The van der Waals surface area contributed by atoms with Crippen LogP contribution in [0, 0.1) is 12.8 Å². The molecule has 1 aromatic heterocycles. The van der Waals surface area contributed by atoms with Crippen LogP contribution in [0.3, 0.4) is 0 Å². The smallest absolute Gasteiger partial charge is 0.374 e. The summed E-state index contributed by atoms with van der Waals surface area (Å²) in [6.07, 6.45) is -0.160. The van der Waals surface area contributed by atoms with Gasteiger partial charge in [0.25, 0.3) is 0 Å². The lowest BCUT2D eigenvalue weighted by Crippen LogP contribution is -2.30. The molecule has 4 nitrogen and oxygen atoms in total. The van der Waals surface area contributed by atoms with Crippen molar-refractivity contribution in [1.82, 2.24) is 4.90 Å². The standard InChI is InChI=1S/C17H23NO3/c1-11(10-18(4)5)13(3)20-17(19)16-12(2)14-8-6-7-9-15(14)21-16/h6-9,11,13H,10H2,1-5H3/t11-,13+/m1/s1. The number of rotatable bonds is 5. The molecular formula is C17H23NO3. The minimum atomic E-state index is -0.387. The third-order valence-electron chi connectivity index (χ3n) is 3.78. The van der Waals surface area contributed by atoms with E-state index in [9.17, 15) is 4.79 Å². The number of benzene rings is 1. The Bertz CT molecular complexity index is 630. The van der Waals surface area contributed by atoms with Gasteiger partial charge in [-0.3, -0.25) is 0 Å². The van der Waals surface area contributed by atoms with Crippen LogP contribution in [-0.2, 0) is 4.74 Å². The van der Waals surface area contributed by atoms with Gasteiger partial charge >= 0.3 is 5.97 Å². The number of aryl methyl sites for hydroxylation is 1. The molecule has 0 fully saturated rings. The van der Waals surface area contributed by atoms with Crippen molar-refractivity contribution >= 4 is 16.9 Å². The molecule has 0 radical (unpaired) electrons. The van der Waals surface area contributed by atoms with Crippen LogP contribution in [0.4, 0.5) is 0 Å². The molecule has 0 aliphatic heterocycles. The largest absolute Gasteiger partial charge is 0.456 e. The second-order valence-corrected chi connectivity index (χ2v) is 5.90. The van der Waals surface area contributed by atoms with Gasteiger partial charge in [-0.2, -0.15) is 0 Å². The summed E-state index contributed by atoms with van der Waals surface area (Å²) in [7, 11) is 4.02. The first kappa shape index (κ1) is 15.6. The normalized spacial score (nSPS) is 14.4. The molecule has 2 rings (SSSR count). The van der Waals surface area contributed by atoms with Crippen molar-refractivity contribution < 1.29 is 13.9 Å². The van der Waals surface area contributed by atoms with Gasteiger partial charge in [0, 0.05) is 23.4 Å². The molecule has 0 bridgehead atoms. The Labute approximate surface area is 125 Å². The molecule has 2 atom stereocenters. The van der Waals surface area contributed by atoms with Crippen molar-refractivity contribution in [2.75, 3.05) is 20.6 Å². The molecule has 1 heterocycles. The first-order valence-corrected chi connectivity index (χ1v) is 7.24. The summed E-state index contributed by atoms with van der Waals surface area (Å²) in [6, 6.07) is 7.63. The first-order chi connectivity index (χ1) is 9.90. The van der Waals surface area contributed by atoms with E-state index in [0.29, 0.717) is 5.76 Å². The average Bonchev–Trinajstić information content (AvgIpc) is 2.76. The van der Waals surface area contributed by atoms with E-state index in [-0.39, 0.29) is 18.0 Å². The number of carbonyl (C=O) groups is 1. The van der Waals surface area contributed by atoms with Gasteiger partial charge < -0.3 is 14.1 Å². The maximum absolute atomic E-state index is 12.3. The van der Waals surface area contributed by atoms with E-state index < -0.39 is 0 Å². The quantitative estimate of drug-likeness (QED) is 0.790. The number of nitrogens with zero attached hydrogens (tertiary/aromatic N) is 1. The summed E-state index contributed by atoms with van der Waals surface area (Å²) in [5, 5.41) is 0.957. The molecule has 1 aromatic carbocycles. The van der Waals surface area contributed by atoms with Crippen LogP contribution in [0.1, 0.15) is 30.0 Å². The highest BCUT2D eigenvalue weighted by atomic mass is 16.6. The summed E-state index contributed by atoms with van der Waals surface area (Å²) in [5.41, 5.74) is 1.55. The van der Waals surface area contributed by atoms with Gasteiger partial charge in [-0.1, -0.05) is 25.1 Å². The molecule has 0 unspecified atom stereocenters. The molecule has 2 aromatic rings. The van der Waals surface area contributed by atoms with E-state index in [1.807, 2.05) is 52.2 Å². The van der Waals surface area contributed by atoms with Gasteiger partial charge in [0.2, 0.25) is 5.76 Å². The number of ether oxygens (including phenoxy) is 1. The summed E-state index contributed by atoms with van der Waals surface area (Å²) in [4.78, 5) is 14.4. The molecule has 114 valence electrons. The summed E-state index contributed by atoms with van der Waals surface area (Å²) >= 11 is 0. The van der Waals surface area contributed by atoms with Crippen LogP contribution in [0.15, 0.2) is 28.7 Å². The highest BCUT2D eigenvalue weighted by Gasteiger charge is 2.23. The van der Waals surface area contributed by atoms with Crippen molar-refractivity contribution in [2.45, 2.75) is 26.9 Å². The van der Waals surface area contributed by atoms with Crippen LogP contribution >= 0.6 is 0 Å². The number of fused-ring (bicyclic) bond motifs is 1. The Balaban J connectivity index is 2.13. The van der Waals surface area contributed by atoms with Crippen molar-refractivity contribution in [1.29, 1.82) is 0 Å². The fourth-order valence-electron chi connectivity index (χ4n) is 2.43. The fraction of sp³-hybridized carbons (Fsp3) is 0.471. The zero-order valence-electron chi connectivity index (χ0n) is 13.3. The van der Waals surface area contributed by atoms with Crippen molar-refractivity contribution in [3.63, 3.8) is 0 Å². The molecule has 0 saturated carbocycles. The van der Waals surface area contributed by atoms with Crippen molar-refractivity contribution in [3.05, 3.63) is 35.6 Å². The average molecular weight is 289 g/mol. The maximum Gasteiger partial charge on any atom is 0.374 e. The zero-order valence-corrected chi connectivity index (χ0v) is 13.3. The first-order valence-electron chi connectivity index (χ1n) is 7.24. The molecule has 0 N–H and O–H groups in total. The second kappa shape index (κ2) is 6.31. The summed E-state index contributed by atoms with van der Waals surface area (Å²) in [5.74, 6) is 0.176. The van der Waals surface area contributed by atoms with Gasteiger partial charge in [-0.15, -0.1) is 0 Å². The Morgan fingerprint density at radius 2 is 1.95 bits per heavy atom. The highest BCUT2D eigenvalue weighted by molar-refractivity contribution is 5.95. The Morgan fingerprint density at radius 1 is 1.29 bits per heavy atom. The number of hydrogen-bond acceptors (Lipinski definition) is 4. The van der Waals surface area contributed by atoms with Crippen LogP contribution < -0.4 is 0 Å². The van der Waals surface area contributed by atoms with Crippen molar-refractivity contribution in [3.8, 4) is 0 Å². The fourth-order valence-corrected chi connectivity index (χ4v) is 2.43. The molecular weight excluding hydrogens is 266 g/mol. The van der Waals surface area contributed by atoms with Gasteiger partial charge in [-0.05, 0) is 34.0 Å². The topological polar surface area (TPSA) is 42.7 Å². The monoisotopic (exact) mass is 289 g/mol. The predicted molar refractivity (Wildman–Crippen MR) is 83.5 cm³/mol. The van der Waals surface area contributed by atoms with Gasteiger partial charge in [0.1, 0.15) is 11.7 Å². The third kappa shape index (κ3) is 3.45. The number of furan rings is 1. The number of esters is 1. The van der Waals surface area contributed by atoms with E-state index in [1.54, 1.807) is 0 Å². The number of carbonyl (C=O) groups excluding carboxylic acids is 1. The number of hydrogen-bond donors (Lipinski definition) is 0. The lowest BCUT2D eigenvalue weighted by atomic mass is 10.1. The van der Waals surface area contributed by atoms with Crippen molar-refractivity contribution in [2.24, 2.45) is 5.92 Å².